The lowest BCUT2D eigenvalue weighted by molar-refractivity contribution is -0.896. The van der Waals surface area contributed by atoms with Crippen molar-refractivity contribution in [1.82, 2.24) is 19.6 Å². The van der Waals surface area contributed by atoms with Gasteiger partial charge in [0.25, 0.3) is 0 Å². The summed E-state index contributed by atoms with van der Waals surface area (Å²) in [6.07, 6.45) is 10.6. The van der Waals surface area contributed by atoms with Crippen LogP contribution in [0, 0.1) is 5.92 Å². The Morgan fingerprint density at radius 2 is 1.86 bits per heavy atom. The molecule has 0 aliphatic carbocycles. The van der Waals surface area contributed by atoms with Gasteiger partial charge in [-0.2, -0.15) is 5.10 Å². The third-order valence-electron chi connectivity index (χ3n) is 7.39. The second-order valence-electron chi connectivity index (χ2n) is 9.86. The average Bonchev–Trinajstić information content (AvgIpc) is 3.05. The van der Waals surface area contributed by atoms with Crippen LogP contribution < -0.4 is 0 Å². The van der Waals surface area contributed by atoms with Crippen molar-refractivity contribution in [2.24, 2.45) is 5.92 Å². The molecule has 0 unspecified atom stereocenters. The lowest BCUT2D eigenvalue weighted by Crippen LogP contribution is -2.48. The van der Waals surface area contributed by atoms with Gasteiger partial charge >= 0.3 is 0 Å². The summed E-state index contributed by atoms with van der Waals surface area (Å²) in [5, 5.41) is 4.30. The lowest BCUT2D eigenvalue weighted by atomic mass is 9.91. The normalized spacial score (nSPS) is 24.9. The second kappa shape index (κ2) is 8.54. The summed E-state index contributed by atoms with van der Waals surface area (Å²) < 4.78 is 3.09. The molecule has 0 saturated carbocycles. The van der Waals surface area contributed by atoms with E-state index in [2.05, 4.69) is 29.0 Å². The maximum absolute atomic E-state index is 12.7. The maximum atomic E-state index is 12.7. The number of nitrogens with zero attached hydrogens (tertiary/aromatic N) is 5. The zero-order valence-corrected chi connectivity index (χ0v) is 17.9. The molecule has 6 nitrogen and oxygen atoms in total. The largest absolute Gasteiger partial charge is 0.338 e. The van der Waals surface area contributed by atoms with E-state index in [1.165, 1.54) is 55.5 Å². The number of rotatable bonds is 5. The number of fused-ring (bicyclic) bond motifs is 1. The molecule has 4 heterocycles. The molecule has 6 heteroatoms. The fourth-order valence-corrected chi connectivity index (χ4v) is 5.35. The highest BCUT2D eigenvalue weighted by Gasteiger charge is 2.30. The van der Waals surface area contributed by atoms with E-state index in [9.17, 15) is 4.79 Å². The van der Waals surface area contributed by atoms with Crippen LogP contribution in [0.5, 0.6) is 0 Å². The molecule has 2 saturated heterocycles. The molecule has 0 N–H and O–H groups in total. The van der Waals surface area contributed by atoms with E-state index in [1.807, 2.05) is 16.9 Å². The SMILES string of the molecule is C[N+]1(C)CCC(CCCN2CCC(N3CCc4ccnn4CC3=O)CC2)CC1. The minimum Gasteiger partial charge on any atom is -0.338 e. The Kier molecular flexibility index (Phi) is 6.07. The number of carbonyl (C=O) groups excluding carboxylic acids is 1. The molecule has 0 aromatic carbocycles. The molecular formula is C22H38N5O+. The summed E-state index contributed by atoms with van der Waals surface area (Å²) >= 11 is 0. The molecule has 2 fully saturated rings. The molecule has 0 bridgehead atoms. The van der Waals surface area contributed by atoms with Gasteiger partial charge in [-0.15, -0.1) is 0 Å². The van der Waals surface area contributed by atoms with Gasteiger partial charge in [0.05, 0.1) is 27.2 Å². The van der Waals surface area contributed by atoms with Gasteiger partial charge in [-0.25, -0.2) is 0 Å². The zero-order valence-electron chi connectivity index (χ0n) is 17.9. The first-order valence-electron chi connectivity index (χ1n) is 11.3. The first-order valence-corrected chi connectivity index (χ1v) is 11.3. The van der Waals surface area contributed by atoms with Crippen molar-refractivity contribution in [2.75, 3.05) is 53.4 Å². The molecule has 0 radical (unpaired) electrons. The van der Waals surface area contributed by atoms with E-state index in [4.69, 9.17) is 0 Å². The number of aromatic nitrogens is 2. The van der Waals surface area contributed by atoms with E-state index < -0.39 is 0 Å². The predicted octanol–water partition coefficient (Wildman–Crippen LogP) is 2.00. The van der Waals surface area contributed by atoms with Crippen LogP contribution in [0.3, 0.4) is 0 Å². The van der Waals surface area contributed by atoms with E-state index in [0.29, 0.717) is 12.6 Å². The van der Waals surface area contributed by atoms with Gasteiger partial charge in [-0.1, -0.05) is 0 Å². The van der Waals surface area contributed by atoms with Crippen LogP contribution in [-0.2, 0) is 17.8 Å². The molecule has 4 rings (SSSR count). The van der Waals surface area contributed by atoms with E-state index in [-0.39, 0.29) is 5.91 Å². The first-order chi connectivity index (χ1) is 13.5. The molecule has 1 aromatic heterocycles. The number of amides is 1. The maximum Gasteiger partial charge on any atom is 0.244 e. The van der Waals surface area contributed by atoms with Gasteiger partial charge in [-0.3, -0.25) is 9.48 Å². The number of hydrogen-bond acceptors (Lipinski definition) is 3. The van der Waals surface area contributed by atoms with Gasteiger partial charge in [0, 0.05) is 44.0 Å². The number of likely N-dealkylation sites (tertiary alicyclic amines) is 2. The second-order valence-corrected chi connectivity index (χ2v) is 9.86. The van der Waals surface area contributed by atoms with Crippen molar-refractivity contribution in [2.45, 2.75) is 57.5 Å². The highest BCUT2D eigenvalue weighted by molar-refractivity contribution is 5.76. The highest BCUT2D eigenvalue weighted by atomic mass is 16.2. The third kappa shape index (κ3) is 4.77. The predicted molar refractivity (Wildman–Crippen MR) is 111 cm³/mol. The van der Waals surface area contributed by atoms with E-state index in [0.717, 1.165) is 44.8 Å². The Balaban J connectivity index is 1.17. The highest BCUT2D eigenvalue weighted by Crippen LogP contribution is 2.25. The lowest BCUT2D eigenvalue weighted by Gasteiger charge is -2.39. The van der Waals surface area contributed by atoms with Crippen LogP contribution >= 0.6 is 0 Å². The van der Waals surface area contributed by atoms with Gasteiger partial charge in [0.1, 0.15) is 6.54 Å². The van der Waals surface area contributed by atoms with Crippen molar-refractivity contribution < 1.29 is 9.28 Å². The Bertz CT molecular complexity index is 652. The molecule has 0 atom stereocenters. The van der Waals surface area contributed by atoms with Crippen LogP contribution in [0.2, 0.25) is 0 Å². The Labute approximate surface area is 170 Å². The monoisotopic (exact) mass is 388 g/mol. The first kappa shape index (κ1) is 19.9. The fraction of sp³-hybridized carbons (Fsp3) is 0.818. The minimum atomic E-state index is 0.250. The van der Waals surface area contributed by atoms with Crippen LogP contribution in [-0.4, -0.2) is 89.4 Å². The number of piperidine rings is 2. The zero-order chi connectivity index (χ0) is 19.6. The van der Waals surface area contributed by atoms with Crippen LogP contribution in [0.25, 0.3) is 0 Å². The summed E-state index contributed by atoms with van der Waals surface area (Å²) in [7, 11) is 4.73. The van der Waals surface area contributed by atoms with Crippen molar-refractivity contribution in [3.8, 4) is 0 Å². The molecule has 0 spiro atoms. The number of carbonyl (C=O) groups is 1. The summed E-state index contributed by atoms with van der Waals surface area (Å²) in [6.45, 7) is 7.50. The van der Waals surface area contributed by atoms with Crippen molar-refractivity contribution >= 4 is 5.91 Å². The topological polar surface area (TPSA) is 41.4 Å². The molecule has 1 aromatic rings. The molecule has 28 heavy (non-hydrogen) atoms. The summed E-state index contributed by atoms with van der Waals surface area (Å²) in [5.41, 5.74) is 1.19. The summed E-state index contributed by atoms with van der Waals surface area (Å²) in [5.74, 6) is 1.20. The molecular weight excluding hydrogens is 350 g/mol. The Morgan fingerprint density at radius 3 is 2.61 bits per heavy atom. The van der Waals surface area contributed by atoms with Gasteiger partial charge in [0.2, 0.25) is 5.91 Å². The summed E-state index contributed by atoms with van der Waals surface area (Å²) in [6, 6.07) is 2.47. The van der Waals surface area contributed by atoms with Crippen LogP contribution in [0.4, 0.5) is 0 Å². The molecule has 3 aliphatic heterocycles. The van der Waals surface area contributed by atoms with Gasteiger partial charge in [0.15, 0.2) is 0 Å². The summed E-state index contributed by atoms with van der Waals surface area (Å²) in [4.78, 5) is 17.5. The molecule has 156 valence electrons. The standard InChI is InChI=1S/C22H38N5O/c1-27(2)16-9-19(10-17-27)4-3-12-24-13-6-20(7-14-24)25-15-8-21-5-11-23-26(21)18-22(25)28/h5,11,19-20H,3-4,6-10,12-18H2,1-2H3/q+1. The quantitative estimate of drug-likeness (QED) is 0.725. The van der Waals surface area contributed by atoms with Crippen molar-refractivity contribution in [1.29, 1.82) is 0 Å². The fourth-order valence-electron chi connectivity index (χ4n) is 5.35. The smallest absolute Gasteiger partial charge is 0.244 e. The minimum absolute atomic E-state index is 0.250. The molecule has 3 aliphatic rings. The van der Waals surface area contributed by atoms with Crippen LogP contribution in [0.1, 0.15) is 44.2 Å². The average molecular weight is 389 g/mol. The number of hydrogen-bond donors (Lipinski definition) is 0. The van der Waals surface area contributed by atoms with Crippen molar-refractivity contribution in [3.05, 3.63) is 18.0 Å². The molecule has 1 amide bonds. The van der Waals surface area contributed by atoms with Crippen molar-refractivity contribution in [3.63, 3.8) is 0 Å². The van der Waals surface area contributed by atoms with E-state index in [1.54, 1.807) is 0 Å². The van der Waals surface area contributed by atoms with Gasteiger partial charge < -0.3 is 14.3 Å². The van der Waals surface area contributed by atoms with Crippen LogP contribution in [0.15, 0.2) is 12.3 Å². The Morgan fingerprint density at radius 1 is 1.11 bits per heavy atom. The Hall–Kier alpha value is -1.40. The van der Waals surface area contributed by atoms with Gasteiger partial charge in [-0.05, 0) is 57.1 Å². The number of quaternary nitrogens is 1. The third-order valence-corrected chi connectivity index (χ3v) is 7.39. The van der Waals surface area contributed by atoms with E-state index >= 15 is 0 Å².